The van der Waals surface area contributed by atoms with Crippen LogP contribution in [-0.2, 0) is 26.9 Å². The first-order chi connectivity index (χ1) is 18.7. The van der Waals surface area contributed by atoms with E-state index >= 15 is 4.39 Å². The molecule has 40 heavy (non-hydrogen) atoms. The molecule has 0 aliphatic carbocycles. The second kappa shape index (κ2) is 12.7. The van der Waals surface area contributed by atoms with E-state index in [-0.39, 0.29) is 17.3 Å². The van der Waals surface area contributed by atoms with Gasteiger partial charge >= 0.3 is 12.1 Å². The highest BCUT2D eigenvalue weighted by Crippen LogP contribution is 2.29. The fourth-order valence-corrected chi connectivity index (χ4v) is 5.55. The van der Waals surface area contributed by atoms with E-state index < -0.39 is 44.5 Å². The maximum Gasteiger partial charge on any atom is 0.490 e. The summed E-state index contributed by atoms with van der Waals surface area (Å²) in [6.45, 7) is 4.14. The van der Waals surface area contributed by atoms with Crippen molar-refractivity contribution in [1.29, 1.82) is 0 Å². The Balaban J connectivity index is 0.000000559. The van der Waals surface area contributed by atoms with Crippen molar-refractivity contribution in [2.75, 3.05) is 25.0 Å². The van der Waals surface area contributed by atoms with E-state index in [2.05, 4.69) is 27.0 Å². The maximum atomic E-state index is 15.2. The van der Waals surface area contributed by atoms with Crippen LogP contribution in [0.1, 0.15) is 23.2 Å². The summed E-state index contributed by atoms with van der Waals surface area (Å²) in [5, 5.41) is 6.49. The van der Waals surface area contributed by atoms with E-state index in [4.69, 9.17) is 9.90 Å². The van der Waals surface area contributed by atoms with Gasteiger partial charge in [-0.1, -0.05) is 36.4 Å². The number of anilines is 1. The third-order valence-corrected chi connectivity index (χ3v) is 7.83. The lowest BCUT2D eigenvalue weighted by Gasteiger charge is -2.28. The number of carboxylic acid groups (broad SMARTS) is 1. The summed E-state index contributed by atoms with van der Waals surface area (Å²) in [4.78, 5) is 20.7. The van der Waals surface area contributed by atoms with Crippen molar-refractivity contribution in [3.8, 4) is 0 Å². The highest BCUT2D eigenvalue weighted by atomic mass is 32.2. The minimum atomic E-state index is -5.08. The quantitative estimate of drug-likeness (QED) is 0.322. The number of halogens is 5. The number of hydrogen-bond acceptors (Lipinski definition) is 7. The Bertz CT molecular complexity index is 1440. The molecule has 4 rings (SSSR count). The number of likely N-dealkylation sites (N-methyl/N-ethyl adjacent to an activating group) is 1. The highest BCUT2D eigenvalue weighted by molar-refractivity contribution is 7.90. The van der Waals surface area contributed by atoms with Gasteiger partial charge in [0.05, 0.1) is 23.3 Å². The average Bonchev–Trinajstić information content (AvgIpc) is 3.33. The SMILES string of the molecule is Cc1c(N(C)[C@H]2CCN(Cc3ccccc3)C2)cnc(S(=O)(=O)Cc2cccc(F)n2)c1F.O=C(O)C(F)(F)F. The van der Waals surface area contributed by atoms with Crippen molar-refractivity contribution < 1.29 is 40.3 Å². The van der Waals surface area contributed by atoms with Crippen LogP contribution in [0.3, 0.4) is 0 Å². The molecule has 1 saturated heterocycles. The fraction of sp³-hybridized carbons (Fsp3) is 0.346. The summed E-state index contributed by atoms with van der Waals surface area (Å²) in [6, 6.07) is 14.3. The standard InChI is InChI=1S/C24H26F2N4O2S.C2HF3O2/c1-17-21(29(2)20-11-12-30(15-20)14-18-7-4-3-5-8-18)13-27-24(23(17)26)33(31,32)16-19-9-6-10-22(25)28-19;3-2(4,5)1(6)7/h3-10,13,20H,11-12,14-16H2,1-2H3;(H,6,7)/t20-;/m0./s1. The molecule has 1 aliphatic rings. The number of hydrogen-bond donors (Lipinski definition) is 1. The fourth-order valence-electron chi connectivity index (χ4n) is 4.22. The number of sulfone groups is 1. The highest BCUT2D eigenvalue weighted by Gasteiger charge is 2.38. The number of rotatable bonds is 7. The molecule has 0 radical (unpaired) electrons. The second-order valence-corrected chi connectivity index (χ2v) is 11.1. The topological polar surface area (TPSA) is 104 Å². The molecule has 0 amide bonds. The lowest BCUT2D eigenvalue weighted by molar-refractivity contribution is -0.192. The van der Waals surface area contributed by atoms with Gasteiger partial charge < -0.3 is 10.0 Å². The Morgan fingerprint density at radius 1 is 1.12 bits per heavy atom. The van der Waals surface area contributed by atoms with Crippen molar-refractivity contribution in [3.63, 3.8) is 0 Å². The van der Waals surface area contributed by atoms with Crippen LogP contribution in [0.5, 0.6) is 0 Å². The monoisotopic (exact) mass is 586 g/mol. The van der Waals surface area contributed by atoms with Crippen molar-refractivity contribution in [3.05, 3.63) is 83.3 Å². The number of nitrogens with zero attached hydrogens (tertiary/aromatic N) is 4. The summed E-state index contributed by atoms with van der Waals surface area (Å²) in [5.41, 5.74) is 2.02. The van der Waals surface area contributed by atoms with Crippen LogP contribution < -0.4 is 4.90 Å². The molecule has 1 aliphatic heterocycles. The molecule has 0 saturated carbocycles. The van der Waals surface area contributed by atoms with E-state index in [1.807, 2.05) is 30.1 Å². The van der Waals surface area contributed by atoms with Crippen LogP contribution in [0.2, 0.25) is 0 Å². The molecule has 0 spiro atoms. The summed E-state index contributed by atoms with van der Waals surface area (Å²) in [7, 11) is -2.25. The summed E-state index contributed by atoms with van der Waals surface area (Å²) < 4.78 is 85.7. The van der Waals surface area contributed by atoms with Gasteiger partial charge in [0.1, 0.15) is 0 Å². The van der Waals surface area contributed by atoms with Crippen LogP contribution in [0, 0.1) is 18.7 Å². The zero-order valence-electron chi connectivity index (χ0n) is 21.6. The molecule has 216 valence electrons. The third kappa shape index (κ3) is 7.94. The van der Waals surface area contributed by atoms with Gasteiger partial charge in [0.25, 0.3) is 0 Å². The molecule has 3 heterocycles. The van der Waals surface area contributed by atoms with Gasteiger partial charge in [-0.15, -0.1) is 0 Å². The Labute approximate surface area is 228 Å². The smallest absolute Gasteiger partial charge is 0.475 e. The predicted octanol–water partition coefficient (Wildman–Crippen LogP) is 4.38. The molecular weight excluding hydrogens is 559 g/mol. The van der Waals surface area contributed by atoms with Gasteiger partial charge in [0.15, 0.2) is 10.8 Å². The van der Waals surface area contributed by atoms with Crippen molar-refractivity contribution in [2.45, 2.75) is 42.9 Å². The van der Waals surface area contributed by atoms with Gasteiger partial charge in [-0.25, -0.2) is 27.6 Å². The van der Waals surface area contributed by atoms with Crippen molar-refractivity contribution >= 4 is 21.5 Å². The number of likely N-dealkylation sites (tertiary alicyclic amines) is 1. The second-order valence-electron chi connectivity index (χ2n) is 9.18. The van der Waals surface area contributed by atoms with Gasteiger partial charge in [-0.3, -0.25) is 4.90 Å². The van der Waals surface area contributed by atoms with Crippen LogP contribution in [0.25, 0.3) is 0 Å². The van der Waals surface area contributed by atoms with Crippen molar-refractivity contribution in [1.82, 2.24) is 14.9 Å². The van der Waals surface area contributed by atoms with Crippen LogP contribution in [0.15, 0.2) is 59.8 Å². The lowest BCUT2D eigenvalue weighted by Crippen LogP contribution is -2.35. The lowest BCUT2D eigenvalue weighted by atomic mass is 10.1. The molecule has 0 unspecified atom stereocenters. The molecule has 1 N–H and O–H groups in total. The molecule has 1 aromatic carbocycles. The van der Waals surface area contributed by atoms with E-state index in [0.717, 1.165) is 32.1 Å². The molecule has 3 aromatic rings. The van der Waals surface area contributed by atoms with Crippen LogP contribution in [0.4, 0.5) is 27.6 Å². The molecule has 1 fully saturated rings. The van der Waals surface area contributed by atoms with Crippen LogP contribution in [-0.4, -0.2) is 66.7 Å². The minimum absolute atomic E-state index is 0.000453. The Morgan fingerprint density at radius 3 is 2.38 bits per heavy atom. The van der Waals surface area contributed by atoms with Gasteiger partial charge in [-0.2, -0.15) is 17.6 Å². The molecular formula is C26H27F5N4O4S. The Kier molecular flexibility index (Phi) is 9.79. The Morgan fingerprint density at radius 2 is 1.77 bits per heavy atom. The molecule has 1 atom stereocenters. The van der Waals surface area contributed by atoms with E-state index in [0.29, 0.717) is 5.69 Å². The largest absolute Gasteiger partial charge is 0.490 e. The number of carbonyl (C=O) groups is 1. The molecule has 14 heteroatoms. The summed E-state index contributed by atoms with van der Waals surface area (Å²) in [5.74, 6) is -5.05. The number of pyridine rings is 2. The van der Waals surface area contributed by atoms with Gasteiger partial charge in [0.2, 0.25) is 15.8 Å². The zero-order chi connectivity index (χ0) is 29.7. The normalized spacial score (nSPS) is 15.8. The third-order valence-electron chi connectivity index (χ3n) is 6.28. The Hall–Kier alpha value is -3.65. The van der Waals surface area contributed by atoms with E-state index in [1.165, 1.54) is 23.9 Å². The first kappa shape index (κ1) is 30.9. The zero-order valence-corrected chi connectivity index (χ0v) is 22.4. The number of alkyl halides is 3. The minimum Gasteiger partial charge on any atom is -0.475 e. The maximum absolute atomic E-state index is 15.2. The molecule has 8 nitrogen and oxygen atoms in total. The van der Waals surface area contributed by atoms with E-state index in [1.54, 1.807) is 6.92 Å². The predicted molar refractivity (Wildman–Crippen MR) is 136 cm³/mol. The first-order valence-electron chi connectivity index (χ1n) is 12.0. The number of aromatic nitrogens is 2. The van der Waals surface area contributed by atoms with Gasteiger partial charge in [-0.05, 0) is 31.0 Å². The first-order valence-corrected chi connectivity index (χ1v) is 13.6. The average molecular weight is 587 g/mol. The number of benzene rings is 1. The van der Waals surface area contributed by atoms with Crippen molar-refractivity contribution in [2.24, 2.45) is 0 Å². The molecule has 2 aromatic heterocycles. The van der Waals surface area contributed by atoms with Crippen LogP contribution >= 0.6 is 0 Å². The summed E-state index contributed by atoms with van der Waals surface area (Å²) >= 11 is 0. The van der Waals surface area contributed by atoms with Gasteiger partial charge in [0, 0.05) is 38.3 Å². The molecule has 0 bridgehead atoms. The number of aliphatic carboxylic acids is 1. The summed E-state index contributed by atoms with van der Waals surface area (Å²) in [6.07, 6.45) is -2.76. The van der Waals surface area contributed by atoms with E-state index in [9.17, 15) is 26.0 Å². The number of carboxylic acids is 1.